The van der Waals surface area contributed by atoms with Gasteiger partial charge in [-0.3, -0.25) is 81.8 Å². The van der Waals surface area contributed by atoms with Gasteiger partial charge >= 0.3 is 0 Å². The summed E-state index contributed by atoms with van der Waals surface area (Å²) in [5.41, 5.74) is 2.78. The largest absolute Gasteiger partial charge is 0.493 e. The molecular weight excluding hydrogens is 1470 g/mol. The summed E-state index contributed by atoms with van der Waals surface area (Å²) in [4.78, 5) is 204. The molecule has 2 aromatic rings. The summed E-state index contributed by atoms with van der Waals surface area (Å²) < 4.78 is 41.1. The number of imide groups is 2. The van der Waals surface area contributed by atoms with Crippen LogP contribution in [0.5, 0.6) is 17.2 Å². The third-order valence-corrected chi connectivity index (χ3v) is 23.1. The zero-order valence-corrected chi connectivity index (χ0v) is 64.7. The maximum absolute atomic E-state index is 14.6. The monoisotopic (exact) mass is 1570 g/mol. The summed E-state index contributed by atoms with van der Waals surface area (Å²) in [6, 6.07) is -0.905. The van der Waals surface area contributed by atoms with Gasteiger partial charge in [0.15, 0.2) is 29.3 Å². The number of thioether (sulfide) groups is 2. The van der Waals surface area contributed by atoms with E-state index >= 15 is 0 Å². The highest BCUT2D eigenvalue weighted by Gasteiger charge is 2.57. The van der Waals surface area contributed by atoms with Gasteiger partial charge < -0.3 is 74.2 Å². The first-order chi connectivity index (χ1) is 52.7. The minimum Gasteiger partial charge on any atom is -0.493 e. The number of anilines is 2. The fraction of sp³-hybridized carbons (Fsp3) is 0.605. The lowest BCUT2D eigenvalue weighted by Gasteiger charge is -2.35. The summed E-state index contributed by atoms with van der Waals surface area (Å²) in [5.74, 6) is -8.82. The lowest BCUT2D eigenvalue weighted by atomic mass is 9.96. The fourth-order valence-electron chi connectivity index (χ4n) is 14.7. The van der Waals surface area contributed by atoms with Crippen LogP contribution in [0.4, 0.5) is 11.4 Å². The number of nitrogens with zero attached hydrogens (tertiary/aromatic N) is 6. The number of ether oxygens (including phenoxy) is 7. The van der Waals surface area contributed by atoms with Crippen molar-refractivity contribution >= 4 is 117 Å². The van der Waals surface area contributed by atoms with E-state index in [1.807, 2.05) is 0 Å². The Kier molecular flexibility index (Phi) is 29.2. The van der Waals surface area contributed by atoms with Crippen molar-refractivity contribution in [2.24, 2.45) is 11.8 Å². The van der Waals surface area contributed by atoms with Gasteiger partial charge in [0, 0.05) is 101 Å². The van der Waals surface area contributed by atoms with Gasteiger partial charge in [-0.05, 0) is 68.6 Å². The van der Waals surface area contributed by atoms with Crippen LogP contribution in [0.1, 0.15) is 137 Å². The Morgan fingerprint density at radius 1 is 0.518 bits per heavy atom. The van der Waals surface area contributed by atoms with Crippen LogP contribution in [-0.4, -0.2) is 271 Å². The normalized spacial score (nSPS) is 27.2. The third kappa shape index (κ3) is 19.9. The molecule has 9 unspecified atom stereocenters. The number of methoxy groups -OCH3 is 1. The molecular formula is C76H100N10O22S2. The molecule has 0 aliphatic carbocycles. The number of carbonyl (C=O) groups is 14. The Bertz CT molecular complexity index is 3910. The van der Waals surface area contributed by atoms with Gasteiger partial charge in [-0.2, -0.15) is 0 Å². The van der Waals surface area contributed by atoms with Gasteiger partial charge in [-0.25, -0.2) is 0 Å². The zero-order chi connectivity index (χ0) is 79.2. The van der Waals surface area contributed by atoms with Crippen LogP contribution in [0, 0.1) is 18.8 Å². The molecule has 598 valence electrons. The molecule has 2 aromatic carbocycles. The second kappa shape index (κ2) is 38.4. The minimum atomic E-state index is -1.99. The number of Topliss-reactive ketones (excluding diaryl/α,β-unsaturated/α-hetero) is 2. The van der Waals surface area contributed by atoms with Gasteiger partial charge in [-0.1, -0.05) is 52.0 Å². The smallest absolute Gasteiger partial charge is 0.256 e. The number of aliphatic hydroxyl groups excluding tert-OH is 1. The van der Waals surface area contributed by atoms with Gasteiger partial charge in [-0.15, -0.1) is 23.5 Å². The molecule has 12 amide bonds. The Morgan fingerprint density at radius 3 is 1.54 bits per heavy atom. The molecule has 0 saturated carbocycles. The van der Waals surface area contributed by atoms with E-state index in [4.69, 9.17) is 33.2 Å². The zero-order valence-electron chi connectivity index (χ0n) is 63.1. The van der Waals surface area contributed by atoms with E-state index in [2.05, 4.69) is 34.4 Å². The summed E-state index contributed by atoms with van der Waals surface area (Å²) in [6.45, 7) is 16.8. The molecule has 8 bridgehead atoms. The maximum Gasteiger partial charge on any atom is 0.256 e. The van der Waals surface area contributed by atoms with Crippen molar-refractivity contribution in [1.82, 2.24) is 40.9 Å². The van der Waals surface area contributed by atoms with E-state index < -0.39 is 142 Å². The van der Waals surface area contributed by atoms with E-state index in [9.17, 15) is 72.2 Å². The Labute approximate surface area is 646 Å². The lowest BCUT2D eigenvalue weighted by molar-refractivity contribution is -0.158. The highest BCUT2D eigenvalue weighted by molar-refractivity contribution is 8.17. The van der Waals surface area contributed by atoms with Crippen LogP contribution < -0.4 is 45.3 Å². The number of benzene rings is 2. The van der Waals surface area contributed by atoms with Crippen molar-refractivity contribution in [3.05, 3.63) is 65.3 Å². The van der Waals surface area contributed by atoms with Crippen molar-refractivity contribution in [2.75, 3.05) is 121 Å². The van der Waals surface area contributed by atoms with Crippen LogP contribution in [-0.2, 0) is 76.5 Å². The predicted molar refractivity (Wildman–Crippen MR) is 401 cm³/mol. The van der Waals surface area contributed by atoms with Crippen LogP contribution in [0.3, 0.4) is 0 Å². The molecule has 8 aliphatic rings. The van der Waals surface area contributed by atoms with Crippen molar-refractivity contribution in [3.8, 4) is 17.2 Å². The molecule has 9 atom stereocenters. The van der Waals surface area contributed by atoms with Crippen LogP contribution in [0.25, 0.3) is 0 Å². The molecule has 110 heavy (non-hydrogen) atoms. The summed E-state index contributed by atoms with van der Waals surface area (Å²) in [5, 5.41) is 21.2. The molecule has 34 heteroatoms. The number of hydrogen-bond acceptors (Lipinski definition) is 24. The van der Waals surface area contributed by atoms with E-state index in [0.29, 0.717) is 52.4 Å². The first-order valence-corrected chi connectivity index (χ1v) is 39.6. The molecule has 8 aliphatic heterocycles. The summed E-state index contributed by atoms with van der Waals surface area (Å²) in [7, 11) is 1.44. The topological polar surface area (TPSA) is 391 Å². The second-order valence-corrected chi connectivity index (χ2v) is 31.8. The highest BCUT2D eigenvalue weighted by Crippen LogP contribution is 2.43. The molecule has 0 spiro atoms. The summed E-state index contributed by atoms with van der Waals surface area (Å²) >= 11 is 2.18. The average molecular weight is 1570 g/mol. The summed E-state index contributed by atoms with van der Waals surface area (Å²) in [6.07, 6.45) is -1.39. The first kappa shape index (κ1) is 83.7. The van der Waals surface area contributed by atoms with Crippen LogP contribution >= 0.6 is 23.5 Å². The maximum atomic E-state index is 14.6. The Balaban J connectivity index is 0.834. The van der Waals surface area contributed by atoms with E-state index in [-0.39, 0.29) is 201 Å². The van der Waals surface area contributed by atoms with Crippen molar-refractivity contribution in [3.63, 3.8) is 0 Å². The van der Waals surface area contributed by atoms with Crippen LogP contribution in [0.2, 0.25) is 0 Å². The predicted octanol–water partition coefficient (Wildman–Crippen LogP) is 2.69. The van der Waals surface area contributed by atoms with E-state index in [0.717, 1.165) is 34.0 Å². The fourth-order valence-corrected chi connectivity index (χ4v) is 17.4. The molecule has 10 rings (SSSR count). The molecule has 8 heterocycles. The number of aryl methyl sites for hydroxylation is 1. The second-order valence-electron chi connectivity index (χ2n) is 29.1. The van der Waals surface area contributed by atoms with Crippen molar-refractivity contribution in [2.45, 2.75) is 171 Å². The van der Waals surface area contributed by atoms with E-state index in [1.54, 1.807) is 63.8 Å². The van der Waals surface area contributed by atoms with Gasteiger partial charge in [0.05, 0.1) is 130 Å². The number of amides is 12. The Hall–Kier alpha value is -8.80. The molecule has 0 aromatic heterocycles. The number of hydrogen-bond donors (Lipinski definition) is 5. The molecule has 5 N–H and O–H groups in total. The highest BCUT2D eigenvalue weighted by atomic mass is 32.2. The third-order valence-electron chi connectivity index (χ3n) is 20.5. The van der Waals surface area contributed by atoms with Gasteiger partial charge in [0.25, 0.3) is 11.8 Å². The van der Waals surface area contributed by atoms with Crippen LogP contribution in [0.15, 0.2) is 48.6 Å². The number of aliphatic hydroxyl groups is 1. The molecule has 5 fully saturated rings. The number of nitrogens with one attached hydrogen (secondary N) is 4. The van der Waals surface area contributed by atoms with Crippen molar-refractivity contribution in [1.29, 1.82) is 0 Å². The standard InChI is InChI=1S/C76H100N10O22S2/c1-42(2)66-53(87)12-14-62(91)82-40-47-30-44(5)38-81(47)72(97)49-33-56(102-8)57(34-50(49)82)108-21-11-9-10-20-107-55-35-51-48(32-46(55)7)73(98)83-39-45(6)31-52(83)74(99)84(51)63(92)15-13-54(88)67(43(3)4)80-61(90)17-23-104-27-29-106-25-19-78-71(96)69-68(70(95)77-18-24-105-28-26-103-22-16-60(89)79-66)85-64(93)36-58(75(85)100)109-41-110-59-37-65(94)86(69)76(59)101/h32-35,42-43,47,52,58-59,66-69,74,99H,5-6,9-31,36-41H2,1-4,7-8H3,(H,77,95)(H,78,96)(H,79,89)(H,80,90). The molecule has 32 nitrogen and oxygen atoms in total. The number of rotatable bonds is 3. The number of ketones is 2. The lowest BCUT2D eigenvalue weighted by Crippen LogP contribution is -2.66. The minimum absolute atomic E-state index is 0.0116. The van der Waals surface area contributed by atoms with Gasteiger partial charge in [0.2, 0.25) is 59.1 Å². The molecule has 5 saturated heterocycles. The number of fused-ring (bicyclic) bond motifs is 11. The van der Waals surface area contributed by atoms with Crippen molar-refractivity contribution < 1.29 is 105 Å². The molecule has 0 radical (unpaired) electrons. The quantitative estimate of drug-likeness (QED) is 0.218. The average Bonchev–Trinajstić information content (AvgIpc) is 1.61. The first-order valence-electron chi connectivity index (χ1n) is 37.5. The van der Waals surface area contributed by atoms with Gasteiger partial charge in [0.1, 0.15) is 17.8 Å². The Morgan fingerprint density at radius 2 is 1.00 bits per heavy atom. The van der Waals surface area contributed by atoms with E-state index in [1.165, 1.54) is 16.9 Å². The SMILES string of the molecule is C=C1CC2CN3C(=O)CCC(=O)C(C(C)C)NC(=O)CCOCCOCCNC(=O)C4C(C(=O)NCCOCCOCCC(=O)NC(C(C)C)C(=O)CCC(=O)N5c6cc(c(C)cc6C(=O)N6CC(=C)CC6C5O)OCCCCCOc5cc3c(cc5OC)C(=O)N2C1)N1C(=O)CC(SCSC2CC(=O)N4C2=O)C1=O. The number of carbonyl (C=O) groups excluding carboxylic acids is 14.